The number of carbonyl (C=O) groups excluding carboxylic acids is 4. The molecule has 0 fully saturated rings. The largest absolute Gasteiger partial charge is 0.472 e. The van der Waals surface area contributed by atoms with Crippen LogP contribution in [-0.2, 0) is 65.4 Å². The Morgan fingerprint density at radius 2 is 0.510 bits per heavy atom. The lowest BCUT2D eigenvalue weighted by Crippen LogP contribution is -2.30. The zero-order valence-electron chi connectivity index (χ0n) is 65.2. The van der Waals surface area contributed by atoms with Crippen molar-refractivity contribution in [3.05, 3.63) is 134 Å². The Bertz CT molecular complexity index is 2490. The maximum atomic E-state index is 13.1. The zero-order valence-corrected chi connectivity index (χ0v) is 66.9. The van der Waals surface area contributed by atoms with Gasteiger partial charge in [0, 0.05) is 25.7 Å². The average Bonchev–Trinajstić information content (AvgIpc) is 0.939. The number of hydrogen-bond donors (Lipinski definition) is 3. The lowest BCUT2D eigenvalue weighted by atomic mass is 10.0. The molecule has 0 amide bonds. The van der Waals surface area contributed by atoms with E-state index in [0.717, 1.165) is 148 Å². The molecule has 0 radical (unpaired) electrons. The molecule has 0 spiro atoms. The van der Waals surface area contributed by atoms with Gasteiger partial charge in [-0.1, -0.05) is 296 Å². The Hall–Kier alpha value is -4.80. The minimum absolute atomic E-state index is 0.0703. The number of rotatable bonds is 75. The second kappa shape index (κ2) is 76.4. The Labute approximate surface area is 631 Å². The molecule has 104 heavy (non-hydrogen) atoms. The smallest absolute Gasteiger partial charge is 0.462 e. The van der Waals surface area contributed by atoms with Gasteiger partial charge in [-0.3, -0.25) is 37.3 Å². The van der Waals surface area contributed by atoms with Crippen LogP contribution in [0.25, 0.3) is 0 Å². The maximum Gasteiger partial charge on any atom is 0.472 e. The number of carbonyl (C=O) groups is 4. The lowest BCUT2D eigenvalue weighted by Gasteiger charge is -2.21. The highest BCUT2D eigenvalue weighted by atomic mass is 31.2. The van der Waals surface area contributed by atoms with Crippen molar-refractivity contribution in [1.29, 1.82) is 0 Å². The predicted molar refractivity (Wildman–Crippen MR) is 427 cm³/mol. The van der Waals surface area contributed by atoms with Crippen molar-refractivity contribution in [2.24, 2.45) is 0 Å². The van der Waals surface area contributed by atoms with Crippen LogP contribution in [0, 0.1) is 0 Å². The quantitative estimate of drug-likeness (QED) is 0.0169. The van der Waals surface area contributed by atoms with Crippen molar-refractivity contribution in [2.75, 3.05) is 39.6 Å². The second-order valence-corrected chi connectivity index (χ2v) is 29.5. The van der Waals surface area contributed by atoms with Gasteiger partial charge in [-0.2, -0.15) is 0 Å². The zero-order chi connectivity index (χ0) is 76.0. The second-order valence-electron chi connectivity index (χ2n) is 26.6. The molecule has 0 saturated carbocycles. The van der Waals surface area contributed by atoms with Crippen LogP contribution >= 0.6 is 15.6 Å². The molecule has 596 valence electrons. The summed E-state index contributed by atoms with van der Waals surface area (Å²) in [6, 6.07) is 0. The summed E-state index contributed by atoms with van der Waals surface area (Å²) < 4.78 is 68.6. The van der Waals surface area contributed by atoms with Crippen LogP contribution in [0.5, 0.6) is 0 Å². The summed E-state index contributed by atoms with van der Waals surface area (Å²) in [4.78, 5) is 73.0. The lowest BCUT2D eigenvalue weighted by molar-refractivity contribution is -0.161. The first-order valence-corrected chi connectivity index (χ1v) is 43.4. The van der Waals surface area contributed by atoms with Crippen LogP contribution in [0.1, 0.15) is 323 Å². The first-order valence-electron chi connectivity index (χ1n) is 40.4. The van der Waals surface area contributed by atoms with Gasteiger partial charge in [-0.05, 0) is 135 Å². The van der Waals surface area contributed by atoms with E-state index in [9.17, 15) is 43.2 Å². The van der Waals surface area contributed by atoms with E-state index < -0.39 is 97.5 Å². The molecule has 0 aliphatic heterocycles. The van der Waals surface area contributed by atoms with Gasteiger partial charge in [0.25, 0.3) is 0 Å². The van der Waals surface area contributed by atoms with E-state index in [1.165, 1.54) is 89.9 Å². The van der Waals surface area contributed by atoms with Crippen molar-refractivity contribution >= 4 is 39.5 Å². The number of phosphoric acid groups is 2. The molecule has 0 bridgehead atoms. The Balaban J connectivity index is 5.43. The molecule has 3 N–H and O–H groups in total. The molecule has 0 aromatic carbocycles. The molecule has 0 aliphatic carbocycles. The number of ether oxygens (including phenoxy) is 4. The molecular formula is C85H144O17P2. The van der Waals surface area contributed by atoms with E-state index in [4.69, 9.17) is 37.0 Å². The molecule has 0 aromatic heterocycles. The first-order chi connectivity index (χ1) is 50.7. The van der Waals surface area contributed by atoms with Crippen molar-refractivity contribution < 1.29 is 80.2 Å². The summed E-state index contributed by atoms with van der Waals surface area (Å²) in [5, 5.41) is 10.6. The number of aliphatic hydroxyl groups is 1. The van der Waals surface area contributed by atoms with Gasteiger partial charge >= 0.3 is 39.5 Å². The third-order valence-corrected chi connectivity index (χ3v) is 18.5. The van der Waals surface area contributed by atoms with Crippen LogP contribution in [-0.4, -0.2) is 96.7 Å². The molecule has 0 rings (SSSR count). The SMILES string of the molecule is CC/C=C\C/C=C\C/C=C\C/C=C\C/C=C\CCCCCC(=O)OCC(COP(=O)(O)OCC(O)COP(=O)(O)OCC(COC(=O)CCC/C=C\C/C=C\C/C=C\C/C=C\C/C=C\CC)OC(=O)CCCCCCC/C=C\CCCCCCCC)OC(=O)CCCCCCCCCCCCCCC. The Morgan fingerprint density at radius 1 is 0.279 bits per heavy atom. The fraction of sp³-hybridized carbons (Fsp3) is 0.694. The number of allylic oxidation sites excluding steroid dienone is 22. The summed E-state index contributed by atoms with van der Waals surface area (Å²) in [6.45, 7) is 4.55. The molecule has 0 aliphatic rings. The van der Waals surface area contributed by atoms with Crippen molar-refractivity contribution in [1.82, 2.24) is 0 Å². The van der Waals surface area contributed by atoms with E-state index in [0.29, 0.717) is 32.1 Å². The maximum absolute atomic E-state index is 13.1. The van der Waals surface area contributed by atoms with Gasteiger partial charge in [0.1, 0.15) is 19.3 Å². The van der Waals surface area contributed by atoms with Crippen molar-refractivity contribution in [3.63, 3.8) is 0 Å². The average molecular weight is 1500 g/mol. The van der Waals surface area contributed by atoms with Gasteiger partial charge < -0.3 is 33.8 Å². The monoisotopic (exact) mass is 1500 g/mol. The molecule has 0 saturated heterocycles. The molecule has 5 unspecified atom stereocenters. The number of aliphatic hydroxyl groups excluding tert-OH is 1. The highest BCUT2D eigenvalue weighted by Crippen LogP contribution is 2.45. The highest BCUT2D eigenvalue weighted by Gasteiger charge is 2.30. The van der Waals surface area contributed by atoms with Gasteiger partial charge in [-0.25, -0.2) is 9.13 Å². The standard InChI is InChI=1S/C85H144O17P2/c1-5-9-13-17-21-25-29-33-36-38-39-41-44-47-50-54-58-62-66-70-83(88)95-75-80(101-84(89)71-67-63-59-55-51-45-32-28-24-20-16-12-8-4)77-99-103(91,92)97-73-79(86)74-98-104(93,94)100-78-81(102-85(90)72-68-64-60-56-52-48-42-35-31-27-23-19-15-11-7-3)76-96-82(87)69-65-61-57-53-49-46-43-40-37-34-30-26-22-18-14-10-6-2/h9-10,13-14,21-22,25-26,33-37,39,41-43,46-47,50,53,57,79-81,86H,5-8,11-12,15-20,23-24,27-32,38,40,44-45,48-49,51-52,54-56,58-78H2,1-4H3,(H,91,92)(H,93,94)/b13-9-,14-10-,25-21-,26-22-,36-33-,37-34-,41-39-,42-35-,46-43-,50-47-,57-53-. The normalized spacial score (nSPS) is 14.6. The fourth-order valence-corrected chi connectivity index (χ4v) is 12.1. The number of hydrogen-bond acceptors (Lipinski definition) is 15. The van der Waals surface area contributed by atoms with Crippen LogP contribution in [0.15, 0.2) is 134 Å². The van der Waals surface area contributed by atoms with E-state index in [1.807, 2.05) is 12.2 Å². The molecule has 0 heterocycles. The number of esters is 4. The fourth-order valence-electron chi connectivity index (χ4n) is 10.5. The highest BCUT2D eigenvalue weighted by molar-refractivity contribution is 7.47. The minimum Gasteiger partial charge on any atom is -0.462 e. The van der Waals surface area contributed by atoms with Gasteiger partial charge in [0.2, 0.25) is 0 Å². The number of phosphoric ester groups is 2. The van der Waals surface area contributed by atoms with Crippen molar-refractivity contribution in [2.45, 2.75) is 341 Å². The summed E-state index contributed by atoms with van der Waals surface area (Å²) in [5.74, 6) is -2.28. The number of unbranched alkanes of at least 4 members (excludes halogenated alkanes) is 27. The van der Waals surface area contributed by atoms with Crippen molar-refractivity contribution in [3.8, 4) is 0 Å². The van der Waals surface area contributed by atoms with Gasteiger partial charge in [0.15, 0.2) is 12.2 Å². The molecule has 5 atom stereocenters. The van der Waals surface area contributed by atoms with Crippen LogP contribution in [0.4, 0.5) is 0 Å². The first kappa shape index (κ1) is 99.2. The van der Waals surface area contributed by atoms with Gasteiger partial charge in [0.05, 0.1) is 26.4 Å². The van der Waals surface area contributed by atoms with E-state index in [1.54, 1.807) is 0 Å². The third-order valence-electron chi connectivity index (χ3n) is 16.6. The van der Waals surface area contributed by atoms with Crippen LogP contribution < -0.4 is 0 Å². The summed E-state index contributed by atoms with van der Waals surface area (Å²) in [7, 11) is -9.99. The summed E-state index contributed by atoms with van der Waals surface area (Å²) >= 11 is 0. The Morgan fingerprint density at radius 3 is 0.827 bits per heavy atom. The molecular weight excluding hydrogens is 1350 g/mol. The topological polar surface area (TPSA) is 237 Å². The minimum atomic E-state index is -5.00. The van der Waals surface area contributed by atoms with Crippen LogP contribution in [0.2, 0.25) is 0 Å². The van der Waals surface area contributed by atoms with E-state index >= 15 is 0 Å². The Kier molecular flexibility index (Phi) is 72.9. The van der Waals surface area contributed by atoms with Crippen LogP contribution in [0.3, 0.4) is 0 Å². The summed E-state index contributed by atoms with van der Waals surface area (Å²) in [6.07, 6.45) is 85.8. The molecule has 0 aromatic rings. The molecule has 17 nitrogen and oxygen atoms in total. The molecule has 19 heteroatoms. The van der Waals surface area contributed by atoms with E-state index in [2.05, 4.69) is 149 Å². The van der Waals surface area contributed by atoms with Gasteiger partial charge in [-0.15, -0.1) is 0 Å². The third kappa shape index (κ3) is 75.4. The summed E-state index contributed by atoms with van der Waals surface area (Å²) in [5.41, 5.74) is 0. The predicted octanol–water partition coefficient (Wildman–Crippen LogP) is 23.7. The van der Waals surface area contributed by atoms with E-state index in [-0.39, 0.29) is 25.7 Å².